The van der Waals surface area contributed by atoms with Crippen molar-refractivity contribution in [2.75, 3.05) is 6.61 Å². The monoisotopic (exact) mass is 296 g/mol. The molecule has 7 nitrogen and oxygen atoms in total. The molecule has 2 saturated heterocycles. The van der Waals surface area contributed by atoms with Gasteiger partial charge < -0.3 is 29.9 Å². The number of aliphatic hydroxyl groups is 3. The highest BCUT2D eigenvalue weighted by Gasteiger charge is 2.59. The summed E-state index contributed by atoms with van der Waals surface area (Å²) in [5, 5.41) is 39.2. The molecule has 5 atom stereocenters. The molecule has 4 N–H and O–H groups in total. The van der Waals surface area contributed by atoms with Gasteiger partial charge in [-0.3, -0.25) is 4.79 Å². The highest BCUT2D eigenvalue weighted by atomic mass is 16.7. The first-order valence-electron chi connectivity index (χ1n) is 6.62. The second-order valence-corrected chi connectivity index (χ2v) is 5.39. The minimum atomic E-state index is -2.14. The van der Waals surface area contributed by atoms with Gasteiger partial charge in [-0.1, -0.05) is 12.1 Å². The van der Waals surface area contributed by atoms with E-state index in [2.05, 4.69) is 0 Å². The zero-order valence-electron chi connectivity index (χ0n) is 11.0. The first-order valence-corrected chi connectivity index (χ1v) is 6.62. The largest absolute Gasteiger partial charge is 0.508 e. The van der Waals surface area contributed by atoms with Crippen LogP contribution in [-0.4, -0.2) is 57.1 Å². The van der Waals surface area contributed by atoms with E-state index >= 15 is 0 Å². The van der Waals surface area contributed by atoms with Crippen molar-refractivity contribution in [3.63, 3.8) is 0 Å². The number of esters is 1. The van der Waals surface area contributed by atoms with Crippen molar-refractivity contribution >= 4 is 5.97 Å². The van der Waals surface area contributed by atoms with Gasteiger partial charge in [-0.25, -0.2) is 0 Å². The molecule has 2 aliphatic rings. The third kappa shape index (κ3) is 2.28. The standard InChI is InChI=1S/C14H16O7/c15-8-3-1-7(2-4-8)9-5-11(17)21-13(9)14(19)12(18)10(16)6-20-14/h1-4,9-10,12-13,15-16,18-19H,5-6H2/t9-,10-,12+,13+,14?/m0/s1. The lowest BCUT2D eigenvalue weighted by atomic mass is 9.86. The van der Waals surface area contributed by atoms with Crippen LogP contribution in [0, 0.1) is 0 Å². The summed E-state index contributed by atoms with van der Waals surface area (Å²) in [5.74, 6) is -3.13. The summed E-state index contributed by atoms with van der Waals surface area (Å²) in [6.07, 6.45) is -3.91. The van der Waals surface area contributed by atoms with Gasteiger partial charge in [0.05, 0.1) is 13.0 Å². The number of benzene rings is 1. The Morgan fingerprint density at radius 3 is 2.43 bits per heavy atom. The SMILES string of the molecule is O=C1C[C@@H](c2ccc(O)cc2)[C@H](C2(O)OC[C@H](O)[C@H]2O)O1. The Hall–Kier alpha value is -1.67. The maximum Gasteiger partial charge on any atom is 0.307 e. The fourth-order valence-electron chi connectivity index (χ4n) is 2.87. The Bertz CT molecular complexity index is 543. The Balaban J connectivity index is 1.93. The van der Waals surface area contributed by atoms with E-state index in [0.29, 0.717) is 5.56 Å². The molecule has 1 unspecified atom stereocenters. The summed E-state index contributed by atoms with van der Waals surface area (Å²) >= 11 is 0. The number of carbonyl (C=O) groups is 1. The molecule has 7 heteroatoms. The molecule has 0 bridgehead atoms. The van der Waals surface area contributed by atoms with Crippen molar-refractivity contribution in [2.45, 2.75) is 36.4 Å². The van der Waals surface area contributed by atoms with Gasteiger partial charge in [0.2, 0.25) is 5.79 Å². The Morgan fingerprint density at radius 1 is 1.19 bits per heavy atom. The number of ether oxygens (including phenoxy) is 2. The van der Waals surface area contributed by atoms with Crippen molar-refractivity contribution in [1.29, 1.82) is 0 Å². The van der Waals surface area contributed by atoms with Crippen LogP contribution >= 0.6 is 0 Å². The normalized spacial score (nSPS) is 39.5. The van der Waals surface area contributed by atoms with E-state index in [9.17, 15) is 25.2 Å². The van der Waals surface area contributed by atoms with Crippen molar-refractivity contribution in [2.24, 2.45) is 0 Å². The Morgan fingerprint density at radius 2 is 1.86 bits per heavy atom. The molecule has 21 heavy (non-hydrogen) atoms. The van der Waals surface area contributed by atoms with Gasteiger partial charge in [0.15, 0.2) is 6.10 Å². The molecule has 2 heterocycles. The topological polar surface area (TPSA) is 116 Å². The number of rotatable bonds is 2. The number of hydrogen-bond donors (Lipinski definition) is 4. The Kier molecular flexibility index (Phi) is 3.37. The average Bonchev–Trinajstić information content (AvgIpc) is 2.97. The first-order chi connectivity index (χ1) is 9.91. The van der Waals surface area contributed by atoms with Gasteiger partial charge in [-0.2, -0.15) is 0 Å². The molecule has 0 aromatic heterocycles. The molecule has 1 aromatic carbocycles. The summed E-state index contributed by atoms with van der Waals surface area (Å²) in [5.41, 5.74) is 0.661. The fraction of sp³-hybridized carbons (Fsp3) is 0.500. The lowest BCUT2D eigenvalue weighted by Gasteiger charge is -2.33. The maximum absolute atomic E-state index is 11.6. The predicted molar refractivity (Wildman–Crippen MR) is 68.3 cm³/mol. The van der Waals surface area contributed by atoms with E-state index in [1.165, 1.54) is 12.1 Å². The van der Waals surface area contributed by atoms with E-state index < -0.39 is 36.0 Å². The zero-order chi connectivity index (χ0) is 15.2. The van der Waals surface area contributed by atoms with E-state index in [0.717, 1.165) is 0 Å². The third-order valence-corrected chi connectivity index (χ3v) is 4.01. The number of phenolic OH excluding ortho intramolecular Hbond substituents is 1. The van der Waals surface area contributed by atoms with Crippen LogP contribution in [0.5, 0.6) is 5.75 Å². The number of carbonyl (C=O) groups excluding carboxylic acids is 1. The molecule has 1 aromatic rings. The van der Waals surface area contributed by atoms with Crippen LogP contribution in [-0.2, 0) is 14.3 Å². The maximum atomic E-state index is 11.6. The summed E-state index contributed by atoms with van der Waals surface area (Å²) in [4.78, 5) is 11.6. The third-order valence-electron chi connectivity index (χ3n) is 4.01. The average molecular weight is 296 g/mol. The lowest BCUT2D eigenvalue weighted by molar-refractivity contribution is -0.267. The van der Waals surface area contributed by atoms with Gasteiger partial charge in [-0.15, -0.1) is 0 Å². The van der Waals surface area contributed by atoms with Crippen molar-refractivity contribution in [3.8, 4) is 5.75 Å². The second-order valence-electron chi connectivity index (χ2n) is 5.39. The van der Waals surface area contributed by atoms with Crippen LogP contribution in [0.25, 0.3) is 0 Å². The molecular formula is C14H16O7. The van der Waals surface area contributed by atoms with Crippen molar-refractivity contribution in [1.82, 2.24) is 0 Å². The van der Waals surface area contributed by atoms with Crippen LogP contribution in [0.15, 0.2) is 24.3 Å². The Labute approximate surface area is 120 Å². The van der Waals surface area contributed by atoms with Crippen LogP contribution in [0.2, 0.25) is 0 Å². The summed E-state index contributed by atoms with van der Waals surface area (Å²) in [7, 11) is 0. The molecule has 3 rings (SSSR count). The molecule has 0 radical (unpaired) electrons. The second kappa shape index (κ2) is 4.96. The smallest absolute Gasteiger partial charge is 0.307 e. The van der Waals surface area contributed by atoms with Crippen LogP contribution < -0.4 is 0 Å². The van der Waals surface area contributed by atoms with E-state index in [1.807, 2.05) is 0 Å². The zero-order valence-corrected chi connectivity index (χ0v) is 11.0. The summed E-state index contributed by atoms with van der Waals surface area (Å²) in [6, 6.07) is 6.13. The number of aromatic hydroxyl groups is 1. The molecular weight excluding hydrogens is 280 g/mol. The molecule has 114 valence electrons. The minimum absolute atomic E-state index is 0.0178. The highest BCUT2D eigenvalue weighted by molar-refractivity contribution is 5.73. The molecule has 2 fully saturated rings. The van der Waals surface area contributed by atoms with Crippen molar-refractivity contribution in [3.05, 3.63) is 29.8 Å². The molecule has 0 spiro atoms. The summed E-state index contributed by atoms with van der Waals surface area (Å²) < 4.78 is 10.2. The first kappa shape index (κ1) is 14.3. The molecule has 0 amide bonds. The van der Waals surface area contributed by atoms with E-state index in [1.54, 1.807) is 12.1 Å². The quantitative estimate of drug-likeness (QED) is 0.530. The number of cyclic esters (lactones) is 1. The molecule has 0 saturated carbocycles. The number of phenols is 1. The number of aliphatic hydroxyl groups excluding tert-OH is 2. The lowest BCUT2D eigenvalue weighted by Crippen LogP contribution is -2.54. The minimum Gasteiger partial charge on any atom is -0.508 e. The van der Waals surface area contributed by atoms with Gasteiger partial charge in [0, 0.05) is 5.92 Å². The summed E-state index contributed by atoms with van der Waals surface area (Å²) in [6.45, 7) is -0.242. The molecule has 0 aliphatic carbocycles. The van der Waals surface area contributed by atoms with Crippen LogP contribution in [0.3, 0.4) is 0 Å². The number of hydrogen-bond acceptors (Lipinski definition) is 7. The molecule has 2 aliphatic heterocycles. The van der Waals surface area contributed by atoms with Crippen LogP contribution in [0.4, 0.5) is 0 Å². The van der Waals surface area contributed by atoms with Gasteiger partial charge in [0.25, 0.3) is 0 Å². The van der Waals surface area contributed by atoms with Gasteiger partial charge in [-0.05, 0) is 17.7 Å². The van der Waals surface area contributed by atoms with Gasteiger partial charge >= 0.3 is 5.97 Å². The van der Waals surface area contributed by atoms with Crippen LogP contribution in [0.1, 0.15) is 17.9 Å². The van der Waals surface area contributed by atoms with E-state index in [4.69, 9.17) is 9.47 Å². The van der Waals surface area contributed by atoms with Gasteiger partial charge in [0.1, 0.15) is 18.0 Å². The fourth-order valence-corrected chi connectivity index (χ4v) is 2.87. The van der Waals surface area contributed by atoms with E-state index in [-0.39, 0.29) is 18.8 Å². The van der Waals surface area contributed by atoms with Crippen molar-refractivity contribution < 1.29 is 34.7 Å². The highest BCUT2D eigenvalue weighted by Crippen LogP contribution is 2.42. The predicted octanol–water partition coefficient (Wildman–Crippen LogP) is -0.768.